The highest BCUT2D eigenvalue weighted by atomic mass is 35.5. The van der Waals surface area contributed by atoms with E-state index in [2.05, 4.69) is 12.2 Å². The Labute approximate surface area is 120 Å². The maximum atomic E-state index is 10.5. The Hall–Kier alpha value is -0.930. The topological polar surface area (TPSA) is 58.3 Å². The molecule has 1 saturated carbocycles. The van der Waals surface area contributed by atoms with E-state index in [1.807, 2.05) is 19.1 Å². The molecule has 0 bridgehead atoms. The first-order valence-corrected chi connectivity index (χ1v) is 7.29. The van der Waals surface area contributed by atoms with Crippen LogP contribution >= 0.6 is 11.6 Å². The number of nitrogen functional groups attached to an aromatic ring is 1. The van der Waals surface area contributed by atoms with Gasteiger partial charge in [0.2, 0.25) is 0 Å². The summed E-state index contributed by atoms with van der Waals surface area (Å²) < 4.78 is 0. The Kier molecular flexibility index (Phi) is 4.26. The summed E-state index contributed by atoms with van der Waals surface area (Å²) in [5.74, 6) is 0.730. The monoisotopic (exact) mass is 282 g/mol. The number of halogens is 1. The van der Waals surface area contributed by atoms with Gasteiger partial charge in [-0.2, -0.15) is 0 Å². The number of anilines is 2. The molecule has 1 aromatic carbocycles. The lowest BCUT2D eigenvalue weighted by molar-refractivity contribution is 0.00501. The lowest BCUT2D eigenvalue weighted by Gasteiger charge is -2.35. The summed E-state index contributed by atoms with van der Waals surface area (Å²) in [4.78, 5) is 0. The van der Waals surface area contributed by atoms with Gasteiger partial charge in [0.05, 0.1) is 16.3 Å². The molecular weight excluding hydrogens is 260 g/mol. The van der Waals surface area contributed by atoms with Crippen LogP contribution < -0.4 is 11.1 Å². The second kappa shape index (κ2) is 5.59. The molecule has 19 heavy (non-hydrogen) atoms. The molecule has 0 spiro atoms. The average molecular weight is 283 g/mol. The van der Waals surface area contributed by atoms with Crippen molar-refractivity contribution < 1.29 is 5.11 Å². The SMILES string of the molecule is Cc1cc(N)c(Cl)cc1NCC1(O)CCC(C)CC1. The number of hydrogen-bond donors (Lipinski definition) is 3. The van der Waals surface area contributed by atoms with Crippen LogP contribution in [0.5, 0.6) is 0 Å². The third-order valence-corrected chi connectivity index (χ3v) is 4.48. The standard InChI is InChI=1S/C15H23ClN2O/c1-10-3-5-15(19,6-4-10)9-18-14-8-12(16)13(17)7-11(14)2/h7-8,10,18-19H,3-6,9,17H2,1-2H3. The predicted octanol–water partition coefficient (Wildman–Crippen LogP) is 3.58. The van der Waals surface area contributed by atoms with E-state index in [4.69, 9.17) is 17.3 Å². The van der Waals surface area contributed by atoms with Crippen molar-refractivity contribution in [1.29, 1.82) is 0 Å². The Morgan fingerprint density at radius 2 is 2.05 bits per heavy atom. The number of rotatable bonds is 3. The maximum Gasteiger partial charge on any atom is 0.0819 e. The fourth-order valence-corrected chi connectivity index (χ4v) is 2.79. The van der Waals surface area contributed by atoms with Gasteiger partial charge in [0.25, 0.3) is 0 Å². The summed E-state index contributed by atoms with van der Waals surface area (Å²) in [6, 6.07) is 3.69. The number of aliphatic hydroxyl groups is 1. The van der Waals surface area contributed by atoms with Gasteiger partial charge in [0.15, 0.2) is 0 Å². The molecule has 0 amide bonds. The van der Waals surface area contributed by atoms with E-state index in [1.54, 1.807) is 0 Å². The van der Waals surface area contributed by atoms with E-state index in [1.165, 1.54) is 0 Å². The molecule has 0 aliphatic heterocycles. The van der Waals surface area contributed by atoms with Gasteiger partial charge >= 0.3 is 0 Å². The highest BCUT2D eigenvalue weighted by Gasteiger charge is 2.31. The van der Waals surface area contributed by atoms with Crippen molar-refractivity contribution in [3.05, 3.63) is 22.7 Å². The van der Waals surface area contributed by atoms with Crippen LogP contribution in [-0.4, -0.2) is 17.3 Å². The molecule has 0 unspecified atom stereocenters. The smallest absolute Gasteiger partial charge is 0.0819 e. The van der Waals surface area contributed by atoms with E-state index in [-0.39, 0.29) is 0 Å². The van der Waals surface area contributed by atoms with Crippen molar-refractivity contribution in [3.8, 4) is 0 Å². The summed E-state index contributed by atoms with van der Waals surface area (Å²) in [6.07, 6.45) is 3.92. The molecule has 1 aliphatic rings. The minimum absolute atomic E-state index is 0.553. The largest absolute Gasteiger partial charge is 0.398 e. The van der Waals surface area contributed by atoms with Gasteiger partial charge in [-0.3, -0.25) is 0 Å². The van der Waals surface area contributed by atoms with Crippen LogP contribution in [0, 0.1) is 12.8 Å². The van der Waals surface area contributed by atoms with E-state index >= 15 is 0 Å². The van der Waals surface area contributed by atoms with Crippen molar-refractivity contribution >= 4 is 23.0 Å². The van der Waals surface area contributed by atoms with Gasteiger partial charge < -0.3 is 16.2 Å². The second-order valence-corrected chi connectivity index (χ2v) is 6.36. The Morgan fingerprint density at radius 1 is 1.42 bits per heavy atom. The maximum absolute atomic E-state index is 10.5. The molecule has 0 radical (unpaired) electrons. The number of nitrogens with two attached hydrogens (primary N) is 1. The second-order valence-electron chi connectivity index (χ2n) is 5.95. The number of nitrogens with one attached hydrogen (secondary N) is 1. The highest BCUT2D eigenvalue weighted by molar-refractivity contribution is 6.33. The first-order chi connectivity index (χ1) is 8.89. The van der Waals surface area contributed by atoms with Crippen molar-refractivity contribution in [2.45, 2.75) is 45.1 Å². The molecule has 0 heterocycles. The number of aryl methyl sites for hydroxylation is 1. The number of benzene rings is 1. The summed E-state index contributed by atoms with van der Waals surface area (Å²) in [5, 5.41) is 14.4. The molecule has 0 aromatic heterocycles. The van der Waals surface area contributed by atoms with Crippen LogP contribution in [-0.2, 0) is 0 Å². The quantitative estimate of drug-likeness (QED) is 0.743. The molecule has 2 rings (SSSR count). The van der Waals surface area contributed by atoms with Gasteiger partial charge in [0.1, 0.15) is 0 Å². The average Bonchev–Trinajstić information content (AvgIpc) is 2.36. The first kappa shape index (κ1) is 14.5. The van der Waals surface area contributed by atoms with E-state index in [0.29, 0.717) is 17.3 Å². The van der Waals surface area contributed by atoms with E-state index in [0.717, 1.165) is 42.9 Å². The zero-order valence-electron chi connectivity index (χ0n) is 11.7. The highest BCUT2D eigenvalue weighted by Crippen LogP contribution is 2.33. The Morgan fingerprint density at radius 3 is 2.68 bits per heavy atom. The van der Waals surface area contributed by atoms with E-state index < -0.39 is 5.60 Å². The fraction of sp³-hybridized carbons (Fsp3) is 0.600. The minimum Gasteiger partial charge on any atom is -0.398 e. The Balaban J connectivity index is 2.01. The van der Waals surface area contributed by atoms with Gasteiger partial charge in [-0.05, 0) is 56.2 Å². The van der Waals surface area contributed by atoms with Crippen LogP contribution in [0.1, 0.15) is 38.2 Å². The summed E-state index contributed by atoms with van der Waals surface area (Å²) in [6.45, 7) is 4.81. The third kappa shape index (κ3) is 3.54. The van der Waals surface area contributed by atoms with Crippen molar-refractivity contribution in [3.63, 3.8) is 0 Å². The zero-order chi connectivity index (χ0) is 14.0. The van der Waals surface area contributed by atoms with Crippen molar-refractivity contribution in [1.82, 2.24) is 0 Å². The zero-order valence-corrected chi connectivity index (χ0v) is 12.4. The molecule has 0 atom stereocenters. The van der Waals surface area contributed by atoms with Crippen LogP contribution in [0.2, 0.25) is 5.02 Å². The summed E-state index contributed by atoms with van der Waals surface area (Å²) in [5.41, 5.74) is 7.76. The normalized spacial score (nSPS) is 27.3. The van der Waals surface area contributed by atoms with Crippen LogP contribution in [0.15, 0.2) is 12.1 Å². The molecule has 4 heteroatoms. The first-order valence-electron chi connectivity index (χ1n) is 6.91. The van der Waals surface area contributed by atoms with Gasteiger partial charge in [-0.1, -0.05) is 18.5 Å². The molecular formula is C15H23ClN2O. The third-order valence-electron chi connectivity index (χ3n) is 4.16. The molecule has 106 valence electrons. The molecule has 1 aromatic rings. The molecule has 3 nitrogen and oxygen atoms in total. The van der Waals surface area contributed by atoms with Gasteiger partial charge in [0, 0.05) is 12.2 Å². The number of hydrogen-bond acceptors (Lipinski definition) is 3. The lowest BCUT2D eigenvalue weighted by Crippen LogP contribution is -2.40. The van der Waals surface area contributed by atoms with E-state index in [9.17, 15) is 5.11 Å². The minimum atomic E-state index is -0.590. The fourth-order valence-electron chi connectivity index (χ4n) is 2.63. The van der Waals surface area contributed by atoms with Crippen LogP contribution in [0.25, 0.3) is 0 Å². The molecule has 1 aliphatic carbocycles. The van der Waals surface area contributed by atoms with Crippen molar-refractivity contribution in [2.75, 3.05) is 17.6 Å². The molecule has 0 saturated heterocycles. The molecule has 1 fully saturated rings. The van der Waals surface area contributed by atoms with Gasteiger partial charge in [-0.15, -0.1) is 0 Å². The summed E-state index contributed by atoms with van der Waals surface area (Å²) in [7, 11) is 0. The summed E-state index contributed by atoms with van der Waals surface area (Å²) >= 11 is 6.03. The predicted molar refractivity (Wildman–Crippen MR) is 81.7 cm³/mol. The van der Waals surface area contributed by atoms with Crippen molar-refractivity contribution in [2.24, 2.45) is 5.92 Å². The lowest BCUT2D eigenvalue weighted by atomic mass is 9.79. The van der Waals surface area contributed by atoms with Crippen LogP contribution in [0.4, 0.5) is 11.4 Å². The van der Waals surface area contributed by atoms with Gasteiger partial charge in [-0.25, -0.2) is 0 Å². The van der Waals surface area contributed by atoms with Crippen LogP contribution in [0.3, 0.4) is 0 Å². The Bertz CT molecular complexity index is 454. The molecule has 4 N–H and O–H groups in total.